The zero-order valence-corrected chi connectivity index (χ0v) is 16.3. The maximum atomic E-state index is 12.6. The van der Waals surface area contributed by atoms with Crippen LogP contribution in [-0.2, 0) is 14.8 Å². The zero-order valence-electron chi connectivity index (χ0n) is 15.5. The predicted octanol–water partition coefficient (Wildman–Crippen LogP) is 1.48. The number of benzene rings is 1. The molecule has 25 heavy (non-hydrogen) atoms. The highest BCUT2D eigenvalue weighted by atomic mass is 32.2. The molecule has 7 heteroatoms. The summed E-state index contributed by atoms with van der Waals surface area (Å²) in [5, 5.41) is 0. The summed E-state index contributed by atoms with van der Waals surface area (Å²) < 4.78 is 27.8. The maximum absolute atomic E-state index is 12.6. The second kappa shape index (κ2) is 7.85. The standard InChI is InChI=1S/C18H29N3O3S/c1-12-7-13(2)18(14(3)8-12)25(23,24)20-6-5-17(22)21-11-16(10-19)9-15(21)4/h7-8,15-16,20H,5-6,9-11,19H2,1-4H3. The van der Waals surface area contributed by atoms with Gasteiger partial charge in [-0.3, -0.25) is 4.79 Å². The van der Waals surface area contributed by atoms with E-state index in [2.05, 4.69) is 4.72 Å². The Morgan fingerprint density at radius 3 is 2.40 bits per heavy atom. The van der Waals surface area contributed by atoms with Crippen molar-refractivity contribution in [3.05, 3.63) is 28.8 Å². The Balaban J connectivity index is 1.98. The van der Waals surface area contributed by atoms with Crippen molar-refractivity contribution < 1.29 is 13.2 Å². The largest absolute Gasteiger partial charge is 0.340 e. The second-order valence-corrected chi connectivity index (χ2v) is 8.81. The van der Waals surface area contributed by atoms with Crippen LogP contribution in [-0.4, -0.2) is 44.9 Å². The normalized spacial score (nSPS) is 20.9. The van der Waals surface area contributed by atoms with Gasteiger partial charge in [-0.1, -0.05) is 17.7 Å². The monoisotopic (exact) mass is 367 g/mol. The van der Waals surface area contributed by atoms with Crippen LogP contribution in [0.3, 0.4) is 0 Å². The fourth-order valence-electron chi connectivity index (χ4n) is 3.76. The number of amides is 1. The van der Waals surface area contributed by atoms with Crippen molar-refractivity contribution in [2.75, 3.05) is 19.6 Å². The average molecular weight is 368 g/mol. The van der Waals surface area contributed by atoms with E-state index in [0.717, 1.165) is 23.1 Å². The Morgan fingerprint density at radius 2 is 1.88 bits per heavy atom. The third kappa shape index (κ3) is 4.59. The lowest BCUT2D eigenvalue weighted by Gasteiger charge is -2.21. The molecular weight excluding hydrogens is 338 g/mol. The van der Waals surface area contributed by atoms with Crippen LogP contribution in [0.25, 0.3) is 0 Å². The van der Waals surface area contributed by atoms with E-state index in [1.165, 1.54) is 0 Å². The fraction of sp³-hybridized carbons (Fsp3) is 0.611. The van der Waals surface area contributed by atoms with E-state index in [-0.39, 0.29) is 24.9 Å². The number of hydrogen-bond acceptors (Lipinski definition) is 4. The third-order valence-corrected chi connectivity index (χ3v) is 6.58. The number of nitrogens with zero attached hydrogens (tertiary/aromatic N) is 1. The van der Waals surface area contributed by atoms with Gasteiger partial charge in [-0.2, -0.15) is 0 Å². The average Bonchev–Trinajstić information content (AvgIpc) is 2.86. The van der Waals surface area contributed by atoms with Gasteiger partial charge in [0, 0.05) is 25.6 Å². The quantitative estimate of drug-likeness (QED) is 0.796. The molecule has 6 nitrogen and oxygen atoms in total. The van der Waals surface area contributed by atoms with Crippen molar-refractivity contribution in [3.8, 4) is 0 Å². The molecular formula is C18H29N3O3S. The number of rotatable bonds is 6. The number of likely N-dealkylation sites (tertiary alicyclic amines) is 1. The number of carbonyl (C=O) groups is 1. The number of nitrogens with two attached hydrogens (primary N) is 1. The molecule has 1 aromatic carbocycles. The summed E-state index contributed by atoms with van der Waals surface area (Å²) in [5.41, 5.74) is 8.15. The maximum Gasteiger partial charge on any atom is 0.241 e. The fourth-order valence-corrected chi connectivity index (χ4v) is 5.24. The first kappa shape index (κ1) is 19.9. The van der Waals surface area contributed by atoms with Crippen LogP contribution in [0, 0.1) is 26.7 Å². The molecule has 2 rings (SSSR count). The summed E-state index contributed by atoms with van der Waals surface area (Å²) in [6.07, 6.45) is 1.07. The molecule has 0 spiro atoms. The topological polar surface area (TPSA) is 92.5 Å². The molecule has 2 unspecified atom stereocenters. The lowest BCUT2D eigenvalue weighted by atomic mass is 10.1. The van der Waals surface area contributed by atoms with Gasteiger partial charge in [-0.15, -0.1) is 0 Å². The molecule has 2 atom stereocenters. The lowest BCUT2D eigenvalue weighted by molar-refractivity contribution is -0.131. The molecule has 0 saturated carbocycles. The van der Waals surface area contributed by atoms with Crippen LogP contribution in [0.1, 0.15) is 36.5 Å². The van der Waals surface area contributed by atoms with Gasteiger partial charge < -0.3 is 10.6 Å². The first-order chi connectivity index (χ1) is 11.7. The van der Waals surface area contributed by atoms with Gasteiger partial charge in [0.15, 0.2) is 0 Å². The third-order valence-electron chi connectivity index (χ3n) is 4.82. The Hall–Kier alpha value is -1.44. The van der Waals surface area contributed by atoms with Gasteiger partial charge in [0.2, 0.25) is 15.9 Å². The van der Waals surface area contributed by atoms with Crippen molar-refractivity contribution in [3.63, 3.8) is 0 Å². The summed E-state index contributed by atoms with van der Waals surface area (Å²) in [7, 11) is -3.63. The molecule has 0 aromatic heterocycles. The first-order valence-electron chi connectivity index (χ1n) is 8.72. The number of aryl methyl sites for hydroxylation is 3. The summed E-state index contributed by atoms with van der Waals surface area (Å²) in [6, 6.07) is 3.87. The summed E-state index contributed by atoms with van der Waals surface area (Å²) >= 11 is 0. The van der Waals surface area contributed by atoms with Crippen LogP contribution in [0.15, 0.2) is 17.0 Å². The van der Waals surface area contributed by atoms with E-state index < -0.39 is 10.0 Å². The molecule has 1 amide bonds. The lowest BCUT2D eigenvalue weighted by Crippen LogP contribution is -2.37. The van der Waals surface area contributed by atoms with Crippen LogP contribution in [0.2, 0.25) is 0 Å². The van der Waals surface area contributed by atoms with E-state index in [4.69, 9.17) is 5.73 Å². The molecule has 1 aliphatic heterocycles. The van der Waals surface area contributed by atoms with Gasteiger partial charge in [-0.05, 0) is 57.7 Å². The van der Waals surface area contributed by atoms with Gasteiger partial charge in [0.1, 0.15) is 0 Å². The van der Waals surface area contributed by atoms with Gasteiger partial charge in [0.25, 0.3) is 0 Å². The van der Waals surface area contributed by atoms with Crippen molar-refractivity contribution in [1.29, 1.82) is 0 Å². The molecule has 0 bridgehead atoms. The van der Waals surface area contributed by atoms with E-state index in [9.17, 15) is 13.2 Å². The molecule has 1 aliphatic rings. The smallest absolute Gasteiger partial charge is 0.241 e. The Labute approximate surface area is 150 Å². The molecule has 3 N–H and O–H groups in total. The minimum atomic E-state index is -3.63. The van der Waals surface area contributed by atoms with Crippen LogP contribution >= 0.6 is 0 Å². The molecule has 0 radical (unpaired) electrons. The summed E-state index contributed by atoms with van der Waals surface area (Å²) in [4.78, 5) is 14.5. The van der Waals surface area contributed by atoms with Crippen molar-refractivity contribution in [1.82, 2.24) is 9.62 Å². The molecule has 140 valence electrons. The van der Waals surface area contributed by atoms with Gasteiger partial charge in [-0.25, -0.2) is 13.1 Å². The van der Waals surface area contributed by atoms with Crippen molar-refractivity contribution >= 4 is 15.9 Å². The highest BCUT2D eigenvalue weighted by molar-refractivity contribution is 7.89. The molecule has 0 aliphatic carbocycles. The number of hydrogen-bond donors (Lipinski definition) is 2. The Morgan fingerprint density at radius 1 is 1.28 bits per heavy atom. The second-order valence-electron chi connectivity index (χ2n) is 7.11. The van der Waals surface area contributed by atoms with Gasteiger partial charge in [0.05, 0.1) is 4.90 Å². The molecule has 1 fully saturated rings. The molecule has 1 heterocycles. The minimum Gasteiger partial charge on any atom is -0.340 e. The first-order valence-corrected chi connectivity index (χ1v) is 10.2. The Bertz CT molecular complexity index is 723. The van der Waals surface area contributed by atoms with Gasteiger partial charge >= 0.3 is 0 Å². The Kier molecular flexibility index (Phi) is 6.24. The van der Waals surface area contributed by atoms with E-state index in [1.54, 1.807) is 13.8 Å². The number of nitrogens with one attached hydrogen (secondary N) is 1. The van der Waals surface area contributed by atoms with Crippen molar-refractivity contribution in [2.24, 2.45) is 11.7 Å². The number of sulfonamides is 1. The highest BCUT2D eigenvalue weighted by Gasteiger charge is 2.31. The zero-order chi connectivity index (χ0) is 18.8. The highest BCUT2D eigenvalue weighted by Crippen LogP contribution is 2.23. The summed E-state index contributed by atoms with van der Waals surface area (Å²) in [5.74, 6) is 0.317. The summed E-state index contributed by atoms with van der Waals surface area (Å²) in [6.45, 7) is 8.87. The van der Waals surface area contributed by atoms with E-state index >= 15 is 0 Å². The van der Waals surface area contributed by atoms with Crippen molar-refractivity contribution in [2.45, 2.75) is 51.5 Å². The van der Waals surface area contributed by atoms with Crippen LogP contribution < -0.4 is 10.5 Å². The van der Waals surface area contributed by atoms with E-state index in [1.807, 2.05) is 30.9 Å². The van der Waals surface area contributed by atoms with Crippen LogP contribution in [0.4, 0.5) is 0 Å². The van der Waals surface area contributed by atoms with Crippen LogP contribution in [0.5, 0.6) is 0 Å². The molecule has 1 aromatic rings. The molecule has 1 saturated heterocycles. The van der Waals surface area contributed by atoms with E-state index in [0.29, 0.717) is 23.9 Å². The minimum absolute atomic E-state index is 0.0245. The predicted molar refractivity (Wildman–Crippen MR) is 98.8 cm³/mol. The SMILES string of the molecule is Cc1cc(C)c(S(=O)(=O)NCCC(=O)N2CC(CN)CC2C)c(C)c1. The number of carbonyl (C=O) groups excluding carboxylic acids is 1.